The summed E-state index contributed by atoms with van der Waals surface area (Å²) in [6, 6.07) is 9.51. The van der Waals surface area contributed by atoms with Crippen molar-refractivity contribution in [2.45, 2.75) is 0 Å². The third-order valence-electron chi connectivity index (χ3n) is 2.39. The predicted molar refractivity (Wildman–Crippen MR) is 66.0 cm³/mol. The topological polar surface area (TPSA) is 45.9 Å². The van der Waals surface area contributed by atoms with Crippen LogP contribution >= 0.6 is 11.6 Å². The molecule has 1 aromatic carbocycles. The van der Waals surface area contributed by atoms with Crippen LogP contribution in [0.2, 0.25) is 5.02 Å². The van der Waals surface area contributed by atoms with Crippen LogP contribution in [-0.4, -0.2) is 12.1 Å². The smallest absolute Gasteiger partial charge is 0.119 e. The highest BCUT2D eigenvalue weighted by molar-refractivity contribution is 6.32. The van der Waals surface area contributed by atoms with Crippen LogP contribution in [0.25, 0.3) is 11.1 Å². The molecule has 0 aliphatic rings. The summed E-state index contributed by atoms with van der Waals surface area (Å²) in [4.78, 5) is 4.00. The number of benzene rings is 1. The molecule has 0 atom stereocenters. The van der Waals surface area contributed by atoms with E-state index >= 15 is 0 Å². The summed E-state index contributed by atoms with van der Waals surface area (Å²) in [7, 11) is 1.60. The van der Waals surface area contributed by atoms with Crippen molar-refractivity contribution in [3.8, 4) is 22.9 Å². The Kier molecular flexibility index (Phi) is 3.27. The Balaban J connectivity index is 2.61. The highest BCUT2D eigenvalue weighted by Crippen LogP contribution is 2.29. The first-order chi connectivity index (χ1) is 8.26. The van der Waals surface area contributed by atoms with Crippen LogP contribution in [0.5, 0.6) is 5.75 Å². The number of pyridine rings is 1. The van der Waals surface area contributed by atoms with Crippen molar-refractivity contribution >= 4 is 11.6 Å². The molecule has 2 aromatic rings. The molecule has 0 saturated heterocycles. The molecule has 0 bridgehead atoms. The fraction of sp³-hybridized carbons (Fsp3) is 0.0769. The van der Waals surface area contributed by atoms with Gasteiger partial charge < -0.3 is 4.74 Å². The lowest BCUT2D eigenvalue weighted by Gasteiger charge is -2.06. The van der Waals surface area contributed by atoms with Gasteiger partial charge in [0.05, 0.1) is 17.7 Å². The summed E-state index contributed by atoms with van der Waals surface area (Å²) in [5, 5.41) is 9.45. The average Bonchev–Trinajstić information content (AvgIpc) is 2.38. The van der Waals surface area contributed by atoms with E-state index in [2.05, 4.69) is 11.1 Å². The SMILES string of the molecule is COc1cccc(-c2cncc(Cl)c2C#N)c1. The molecule has 3 nitrogen and oxygen atoms in total. The third kappa shape index (κ3) is 2.22. The second-order valence-electron chi connectivity index (χ2n) is 3.39. The number of methoxy groups -OCH3 is 1. The van der Waals surface area contributed by atoms with Gasteiger partial charge in [-0.25, -0.2) is 0 Å². The van der Waals surface area contributed by atoms with Gasteiger partial charge in [-0.1, -0.05) is 23.7 Å². The van der Waals surface area contributed by atoms with Gasteiger partial charge in [-0.3, -0.25) is 4.98 Å². The van der Waals surface area contributed by atoms with Crippen molar-refractivity contribution in [3.63, 3.8) is 0 Å². The van der Waals surface area contributed by atoms with Crippen LogP contribution < -0.4 is 4.74 Å². The van der Waals surface area contributed by atoms with E-state index in [1.54, 1.807) is 13.3 Å². The third-order valence-corrected chi connectivity index (χ3v) is 2.68. The molecule has 0 aliphatic heterocycles. The lowest BCUT2D eigenvalue weighted by molar-refractivity contribution is 0.415. The van der Waals surface area contributed by atoms with Crippen molar-refractivity contribution < 1.29 is 4.74 Å². The Morgan fingerprint density at radius 3 is 2.88 bits per heavy atom. The van der Waals surface area contributed by atoms with Crippen LogP contribution in [0, 0.1) is 11.3 Å². The Morgan fingerprint density at radius 2 is 2.18 bits per heavy atom. The zero-order valence-corrected chi connectivity index (χ0v) is 9.90. The van der Waals surface area contributed by atoms with Crippen molar-refractivity contribution in [2.24, 2.45) is 0 Å². The molecule has 84 valence electrons. The Labute approximate surface area is 104 Å². The maximum atomic E-state index is 9.09. The Morgan fingerprint density at radius 1 is 1.35 bits per heavy atom. The lowest BCUT2D eigenvalue weighted by atomic mass is 10.0. The van der Waals surface area contributed by atoms with Crippen LogP contribution in [0.4, 0.5) is 0 Å². The number of ether oxygens (including phenoxy) is 1. The minimum absolute atomic E-state index is 0.354. The van der Waals surface area contributed by atoms with Gasteiger partial charge in [0.15, 0.2) is 0 Å². The summed E-state index contributed by atoms with van der Waals surface area (Å²) in [6.45, 7) is 0. The van der Waals surface area contributed by atoms with Crippen LogP contribution in [-0.2, 0) is 0 Å². The van der Waals surface area contributed by atoms with Gasteiger partial charge in [-0.2, -0.15) is 5.26 Å². The molecule has 0 saturated carbocycles. The van der Waals surface area contributed by atoms with E-state index in [0.717, 1.165) is 11.3 Å². The summed E-state index contributed by atoms with van der Waals surface area (Å²) >= 11 is 5.94. The highest BCUT2D eigenvalue weighted by Gasteiger charge is 2.09. The fourth-order valence-electron chi connectivity index (χ4n) is 1.56. The van der Waals surface area contributed by atoms with Crippen molar-refractivity contribution in [3.05, 3.63) is 47.2 Å². The number of halogens is 1. The van der Waals surface area contributed by atoms with E-state index in [0.29, 0.717) is 16.1 Å². The molecule has 0 N–H and O–H groups in total. The molecule has 0 aliphatic carbocycles. The van der Waals surface area contributed by atoms with E-state index in [1.807, 2.05) is 24.3 Å². The monoisotopic (exact) mass is 244 g/mol. The van der Waals surface area contributed by atoms with Gasteiger partial charge in [0.1, 0.15) is 11.8 Å². The van der Waals surface area contributed by atoms with E-state index in [4.69, 9.17) is 21.6 Å². The predicted octanol–water partition coefficient (Wildman–Crippen LogP) is 3.28. The van der Waals surface area contributed by atoms with E-state index in [-0.39, 0.29) is 0 Å². The van der Waals surface area contributed by atoms with Crippen molar-refractivity contribution in [1.29, 1.82) is 5.26 Å². The average molecular weight is 245 g/mol. The summed E-state index contributed by atoms with van der Waals surface area (Å²) in [5.74, 6) is 0.728. The standard InChI is InChI=1S/C13H9ClN2O/c1-17-10-4-2-3-9(5-10)12-7-16-8-13(14)11(12)6-15/h2-5,7-8H,1H3. The summed E-state index contributed by atoms with van der Waals surface area (Å²) < 4.78 is 5.14. The quantitative estimate of drug-likeness (QED) is 0.814. The van der Waals surface area contributed by atoms with Gasteiger partial charge in [0, 0.05) is 18.0 Å². The number of hydrogen-bond donors (Lipinski definition) is 0. The van der Waals surface area contributed by atoms with Crippen LogP contribution in [0.3, 0.4) is 0 Å². The molecular formula is C13H9ClN2O. The van der Waals surface area contributed by atoms with Crippen LogP contribution in [0.15, 0.2) is 36.7 Å². The molecule has 1 heterocycles. The summed E-state index contributed by atoms with van der Waals surface area (Å²) in [5.41, 5.74) is 1.99. The normalized spacial score (nSPS) is 9.71. The number of hydrogen-bond acceptors (Lipinski definition) is 3. The second-order valence-corrected chi connectivity index (χ2v) is 3.79. The summed E-state index contributed by atoms with van der Waals surface area (Å²) in [6.07, 6.45) is 3.09. The van der Waals surface area contributed by atoms with Gasteiger partial charge in [0.2, 0.25) is 0 Å². The second kappa shape index (κ2) is 4.86. The van der Waals surface area contributed by atoms with Gasteiger partial charge >= 0.3 is 0 Å². The van der Waals surface area contributed by atoms with E-state index in [9.17, 15) is 0 Å². The molecular weight excluding hydrogens is 236 g/mol. The molecule has 0 spiro atoms. The lowest BCUT2D eigenvalue weighted by Crippen LogP contribution is -1.89. The molecule has 0 unspecified atom stereocenters. The number of rotatable bonds is 2. The van der Waals surface area contributed by atoms with Gasteiger partial charge in [-0.05, 0) is 17.7 Å². The molecule has 0 fully saturated rings. The van der Waals surface area contributed by atoms with Crippen molar-refractivity contribution in [2.75, 3.05) is 7.11 Å². The molecule has 1 aromatic heterocycles. The largest absolute Gasteiger partial charge is 0.497 e. The van der Waals surface area contributed by atoms with Gasteiger partial charge in [0.25, 0.3) is 0 Å². The Hall–Kier alpha value is -2.05. The number of nitrogens with zero attached hydrogens (tertiary/aromatic N) is 2. The molecule has 2 rings (SSSR count). The zero-order chi connectivity index (χ0) is 12.3. The maximum absolute atomic E-state index is 9.09. The van der Waals surface area contributed by atoms with Crippen molar-refractivity contribution in [1.82, 2.24) is 4.98 Å². The Bertz CT molecular complexity index is 590. The van der Waals surface area contributed by atoms with E-state index in [1.165, 1.54) is 6.20 Å². The molecule has 0 radical (unpaired) electrons. The molecule has 4 heteroatoms. The maximum Gasteiger partial charge on any atom is 0.119 e. The number of nitriles is 1. The minimum Gasteiger partial charge on any atom is -0.497 e. The molecule has 0 amide bonds. The first kappa shape index (κ1) is 11.4. The first-order valence-electron chi connectivity index (χ1n) is 4.94. The zero-order valence-electron chi connectivity index (χ0n) is 9.14. The fourth-order valence-corrected chi connectivity index (χ4v) is 1.76. The first-order valence-corrected chi connectivity index (χ1v) is 5.32. The van der Waals surface area contributed by atoms with E-state index < -0.39 is 0 Å². The molecule has 17 heavy (non-hydrogen) atoms. The highest BCUT2D eigenvalue weighted by atomic mass is 35.5. The van der Waals surface area contributed by atoms with Crippen LogP contribution in [0.1, 0.15) is 5.56 Å². The minimum atomic E-state index is 0.354. The van der Waals surface area contributed by atoms with Gasteiger partial charge in [-0.15, -0.1) is 0 Å². The number of aromatic nitrogens is 1.